The quantitative estimate of drug-likeness (QED) is 0.546. The van der Waals surface area contributed by atoms with Crippen molar-refractivity contribution in [3.8, 4) is 0 Å². The van der Waals surface area contributed by atoms with Crippen LogP contribution in [0.4, 0.5) is 0 Å². The van der Waals surface area contributed by atoms with Gasteiger partial charge in [-0.3, -0.25) is 0 Å². The molecule has 10 heteroatoms. The molecule has 0 aliphatic carbocycles. The summed E-state index contributed by atoms with van der Waals surface area (Å²) >= 11 is 0. The minimum Gasteiger partial charge on any atom is -0.369 e. The molecule has 0 saturated carbocycles. The average Bonchev–Trinajstić information content (AvgIpc) is 0.592. The number of hydrogen-bond donors (Lipinski definition) is 2. The smallest absolute Gasteiger partial charge is 0.369 e. The molecule has 77 valence electrons. The van der Waals surface area contributed by atoms with Crippen LogP contribution in [0, 0.1) is 0 Å². The molecule has 0 saturated heterocycles. The molecule has 0 aromatic heterocycles. The Labute approximate surface area is 81.3 Å². The number of rotatable bonds is 0. The van der Waals surface area contributed by atoms with Crippen LogP contribution in [0.5, 0.6) is 0 Å². The molecule has 0 fully saturated rings. The zero-order valence-corrected chi connectivity index (χ0v) is 12.0. The van der Waals surface area contributed by atoms with E-state index in [0.717, 1.165) is 0 Å². The van der Waals surface area contributed by atoms with Crippen molar-refractivity contribution < 1.29 is 12.3 Å². The van der Waals surface area contributed by atoms with Crippen molar-refractivity contribution in [3.63, 3.8) is 0 Å². The second kappa shape index (κ2) is 3.99. The van der Waals surface area contributed by atoms with Crippen molar-refractivity contribution in [1.29, 1.82) is 0 Å². The van der Waals surface area contributed by atoms with Crippen LogP contribution in [0.25, 0.3) is 0 Å². The summed E-state index contributed by atoms with van der Waals surface area (Å²) in [5, 5.41) is 0. The minimum atomic E-state index is -5.33. The maximum atomic E-state index is 5.06. The topological polar surface area (TPSA) is 104 Å². The van der Waals surface area contributed by atoms with Gasteiger partial charge in [0.1, 0.15) is 0 Å². The molecule has 0 bridgehead atoms. The van der Waals surface area contributed by atoms with Gasteiger partial charge in [0.2, 0.25) is 0 Å². The second-order valence-corrected chi connectivity index (χ2v) is 52.6. The Morgan fingerprint density at radius 2 is 0.600 bits per heavy atom. The van der Waals surface area contributed by atoms with Gasteiger partial charge < -0.3 is 17.8 Å². The number of quaternary nitrogens is 2. The molecule has 0 aliphatic rings. The second-order valence-electron chi connectivity index (χ2n) is 0.714. The summed E-state index contributed by atoms with van der Waals surface area (Å²) in [5.41, 5.74) is 0. The van der Waals surface area contributed by atoms with Crippen molar-refractivity contribution in [1.82, 2.24) is 12.3 Å². The van der Waals surface area contributed by atoms with Gasteiger partial charge in [-0.05, 0) is 0 Å². The largest absolute Gasteiger partial charge is 0.369 e. The van der Waals surface area contributed by atoms with Crippen LogP contribution in [0.2, 0.25) is 0 Å². The van der Waals surface area contributed by atoms with E-state index in [0.29, 0.717) is 0 Å². The summed E-state index contributed by atoms with van der Waals surface area (Å²) in [5.74, 6) is 0. The van der Waals surface area contributed by atoms with Gasteiger partial charge >= 0.3 is 64.3 Å². The Balaban J connectivity index is -0.0000000600. The Morgan fingerprint density at radius 3 is 0.600 bits per heavy atom. The fraction of sp³-hybridized carbons (Fsp3) is 0. The number of halogens is 6. The Morgan fingerprint density at radius 1 is 0.600 bits per heavy atom. The van der Waals surface area contributed by atoms with Crippen molar-refractivity contribution in [2.75, 3.05) is 0 Å². The summed E-state index contributed by atoms with van der Waals surface area (Å²) in [6.07, 6.45) is 0. The molecule has 0 unspecified atom stereocenters. The van der Waals surface area contributed by atoms with Crippen LogP contribution in [-0.4, -0.2) is 5.48 Å². The maximum absolute atomic E-state index is 5.33. The maximum Gasteiger partial charge on any atom is -0.369 e. The predicted molar refractivity (Wildman–Crippen MR) is 50.7 cm³/mol. The third-order valence-corrected chi connectivity index (χ3v) is 0. The van der Waals surface area contributed by atoms with Crippen LogP contribution in [0.1, 0.15) is 0 Å². The van der Waals surface area contributed by atoms with Crippen LogP contribution in [0.15, 0.2) is 0 Å². The van der Waals surface area contributed by atoms with E-state index in [4.69, 9.17) is 57.5 Å². The van der Waals surface area contributed by atoms with Gasteiger partial charge in [-0.25, -0.2) is 0 Å². The van der Waals surface area contributed by atoms with Crippen molar-refractivity contribution in [2.24, 2.45) is 0 Å². The fourth-order valence-corrected chi connectivity index (χ4v) is 0. The van der Waals surface area contributed by atoms with Gasteiger partial charge in [0.05, 0.1) is 0 Å². The standard InChI is InChI=1S/6ClH.Ir.2H3N.H2O/h6*1H;;2*1H3;1H2/q;;;;;;+4;;;/p-4. The zero-order valence-electron chi connectivity index (χ0n) is 5.10. The van der Waals surface area contributed by atoms with E-state index in [2.05, 4.69) is 0 Å². The van der Waals surface area contributed by atoms with Gasteiger partial charge in [0, 0.05) is 0 Å². The summed E-state index contributed by atoms with van der Waals surface area (Å²) in [6, 6.07) is 0. The molecule has 3 nitrogen and oxygen atoms in total. The molecule has 0 rings (SSSR count). The van der Waals surface area contributed by atoms with Crippen molar-refractivity contribution in [2.45, 2.75) is 0 Å². The first-order valence-corrected chi connectivity index (χ1v) is 18.6. The molecule has 0 heterocycles. The Kier molecular flexibility index (Phi) is 9.08. The van der Waals surface area contributed by atoms with Crippen LogP contribution in [0.3, 0.4) is 0 Å². The first kappa shape index (κ1) is 22.8. The van der Waals surface area contributed by atoms with E-state index in [1.807, 2.05) is 0 Å². The predicted octanol–water partition coefficient (Wildman–Crippen LogP) is 4.06. The molecule has 0 aliphatic heterocycles. The molecule has 0 amide bonds. The fourth-order valence-electron chi connectivity index (χ4n) is 0. The van der Waals surface area contributed by atoms with Gasteiger partial charge in [0.15, 0.2) is 0 Å². The van der Waals surface area contributed by atoms with E-state index in [1.54, 1.807) is 0 Å². The summed E-state index contributed by atoms with van der Waals surface area (Å²) in [6.45, 7) is -5.33. The molecule has 0 atom stereocenters. The van der Waals surface area contributed by atoms with E-state index in [9.17, 15) is 0 Å². The Bertz CT molecular complexity index is 74.3. The van der Waals surface area contributed by atoms with E-state index in [-0.39, 0.29) is 17.8 Å². The number of hydrogen-bond acceptors (Lipinski definition) is 0. The van der Waals surface area contributed by atoms with Crippen molar-refractivity contribution >= 4 is 57.5 Å². The SMILES string of the molecule is O.[Cl][Ir-2]([Cl])([Cl])([Cl])([Cl])[Cl].[NH4+].[NH4+]. The average molecular weight is 459 g/mol. The van der Waals surface area contributed by atoms with Crippen LogP contribution >= 0.6 is 57.5 Å². The third-order valence-electron chi connectivity index (χ3n) is 0. The summed E-state index contributed by atoms with van der Waals surface area (Å²) in [7, 11) is 30.3. The summed E-state index contributed by atoms with van der Waals surface area (Å²) in [4.78, 5) is 0. The van der Waals surface area contributed by atoms with Crippen molar-refractivity contribution in [3.05, 3.63) is 0 Å². The minimum absolute atomic E-state index is 0. The van der Waals surface area contributed by atoms with Crippen LogP contribution < -0.4 is 12.3 Å². The van der Waals surface area contributed by atoms with Gasteiger partial charge in [-0.1, -0.05) is 0 Å². The molecule has 0 aromatic rings. The molecule has 0 spiro atoms. The molecular weight excluding hydrogens is 449 g/mol. The third kappa shape index (κ3) is 171. The monoisotopic (exact) mass is 457 g/mol. The molecular formula is H10Cl6IrN2O. The molecule has 10 heavy (non-hydrogen) atoms. The molecule has 0 aromatic carbocycles. The van der Waals surface area contributed by atoms with E-state index in [1.165, 1.54) is 0 Å². The van der Waals surface area contributed by atoms with Gasteiger partial charge in [-0.2, -0.15) is 0 Å². The summed E-state index contributed by atoms with van der Waals surface area (Å²) < 4.78 is 0. The van der Waals surface area contributed by atoms with Crippen LogP contribution in [-0.2, 0) is 6.81 Å². The first-order chi connectivity index (χ1) is 2.45. The molecule has 10 N–H and O–H groups in total. The van der Waals surface area contributed by atoms with Gasteiger partial charge in [-0.15, -0.1) is 0 Å². The van der Waals surface area contributed by atoms with Gasteiger partial charge in [0.25, 0.3) is 0 Å². The van der Waals surface area contributed by atoms with E-state index >= 15 is 0 Å². The Hall–Kier alpha value is 2.27. The normalized spacial score (nSPS) is 16.2. The molecule has 0 radical (unpaired) electrons. The van der Waals surface area contributed by atoms with E-state index < -0.39 is 6.81 Å². The first-order valence-electron chi connectivity index (χ1n) is 0.756. The zero-order chi connectivity index (χ0) is 6.41.